The molecule has 0 heterocycles. The normalized spacial score (nSPS) is 16.8. The van der Waals surface area contributed by atoms with E-state index in [-0.39, 0.29) is 0 Å². The Kier molecular flexibility index (Phi) is 5.35. The van der Waals surface area contributed by atoms with Gasteiger partial charge in [0.25, 0.3) is 0 Å². The molecule has 1 saturated carbocycles. The largest absolute Gasteiger partial charge is 0.383 e. The number of ether oxygens (including phenoxy) is 1. The highest BCUT2D eigenvalue weighted by molar-refractivity contribution is 4.76. The first-order valence-electron chi connectivity index (χ1n) is 5.21. The van der Waals surface area contributed by atoms with Gasteiger partial charge in [-0.15, -0.1) is 0 Å². The minimum Gasteiger partial charge on any atom is -0.383 e. The van der Waals surface area contributed by atoms with Gasteiger partial charge in [0.1, 0.15) is 0 Å². The third-order valence-corrected chi connectivity index (χ3v) is 2.42. The van der Waals surface area contributed by atoms with E-state index >= 15 is 0 Å². The fourth-order valence-corrected chi connectivity index (χ4v) is 1.40. The highest BCUT2D eigenvalue weighted by Crippen LogP contribution is 2.29. The van der Waals surface area contributed by atoms with Crippen molar-refractivity contribution < 1.29 is 4.74 Å². The molecule has 0 aromatic carbocycles. The molecule has 3 nitrogen and oxygen atoms in total. The number of nitrogens with zero attached hydrogens (tertiary/aromatic N) is 1. The van der Waals surface area contributed by atoms with Crippen molar-refractivity contribution in [1.29, 1.82) is 0 Å². The summed E-state index contributed by atoms with van der Waals surface area (Å²) < 4.78 is 4.95. The lowest BCUT2D eigenvalue weighted by atomic mass is 10.4. The lowest BCUT2D eigenvalue weighted by Gasteiger charge is -2.16. The van der Waals surface area contributed by atoms with E-state index in [0.29, 0.717) is 0 Å². The van der Waals surface area contributed by atoms with Crippen molar-refractivity contribution in [2.45, 2.75) is 12.8 Å². The molecule has 1 aliphatic carbocycles. The van der Waals surface area contributed by atoms with Crippen molar-refractivity contribution in [3.63, 3.8) is 0 Å². The molecular formula is C10H22N2O. The fraction of sp³-hybridized carbons (Fsp3) is 1.00. The number of hydrogen-bond donors (Lipinski definition) is 1. The van der Waals surface area contributed by atoms with Crippen molar-refractivity contribution in [3.8, 4) is 0 Å². The highest BCUT2D eigenvalue weighted by Gasteiger charge is 2.22. The number of methoxy groups -OCH3 is 1. The van der Waals surface area contributed by atoms with Gasteiger partial charge >= 0.3 is 0 Å². The zero-order valence-corrected chi connectivity index (χ0v) is 8.88. The molecule has 0 aromatic heterocycles. The monoisotopic (exact) mass is 186 g/mol. The molecule has 1 fully saturated rings. The molecule has 3 heteroatoms. The zero-order valence-electron chi connectivity index (χ0n) is 8.88. The van der Waals surface area contributed by atoms with Gasteiger partial charge in [-0.25, -0.2) is 0 Å². The molecule has 0 saturated heterocycles. The molecular weight excluding hydrogens is 164 g/mol. The van der Waals surface area contributed by atoms with E-state index < -0.39 is 0 Å². The second-order valence-electron chi connectivity index (χ2n) is 3.95. The molecule has 1 N–H and O–H groups in total. The predicted molar refractivity (Wildman–Crippen MR) is 55.0 cm³/mol. The van der Waals surface area contributed by atoms with Crippen LogP contribution in [0.1, 0.15) is 12.8 Å². The van der Waals surface area contributed by atoms with E-state index in [4.69, 9.17) is 4.74 Å². The molecule has 0 unspecified atom stereocenters. The molecule has 1 aliphatic rings. The van der Waals surface area contributed by atoms with Crippen molar-refractivity contribution in [3.05, 3.63) is 0 Å². The number of hydrogen-bond acceptors (Lipinski definition) is 3. The molecule has 0 spiro atoms. The van der Waals surface area contributed by atoms with E-state index in [1.165, 1.54) is 19.4 Å². The van der Waals surface area contributed by atoms with Crippen LogP contribution in [0.25, 0.3) is 0 Å². The summed E-state index contributed by atoms with van der Waals surface area (Å²) in [6.45, 7) is 5.29. The van der Waals surface area contributed by atoms with Crippen molar-refractivity contribution in [2.75, 3.05) is 46.9 Å². The summed E-state index contributed by atoms with van der Waals surface area (Å²) in [4.78, 5) is 2.41. The van der Waals surface area contributed by atoms with Crippen molar-refractivity contribution in [1.82, 2.24) is 10.2 Å². The standard InChI is InChI=1S/C10H22N2O/c1-12(9-10-3-4-10)7-5-11-6-8-13-2/h10-11H,3-9H2,1-2H3. The first-order valence-corrected chi connectivity index (χ1v) is 5.21. The summed E-state index contributed by atoms with van der Waals surface area (Å²) in [5.74, 6) is 1.00. The minimum absolute atomic E-state index is 0.812. The third kappa shape index (κ3) is 6.02. The Hall–Kier alpha value is -0.120. The van der Waals surface area contributed by atoms with Gasteiger partial charge in [-0.3, -0.25) is 0 Å². The number of likely N-dealkylation sites (N-methyl/N-ethyl adjacent to an activating group) is 1. The van der Waals surface area contributed by atoms with E-state index in [1.54, 1.807) is 7.11 Å². The predicted octanol–water partition coefficient (Wildman–Crippen LogP) is 0.564. The topological polar surface area (TPSA) is 24.5 Å². The lowest BCUT2D eigenvalue weighted by Crippen LogP contribution is -2.32. The highest BCUT2D eigenvalue weighted by atomic mass is 16.5. The van der Waals surface area contributed by atoms with Crippen LogP contribution in [0.15, 0.2) is 0 Å². The number of nitrogens with one attached hydrogen (secondary N) is 1. The quantitative estimate of drug-likeness (QED) is 0.561. The summed E-state index contributed by atoms with van der Waals surface area (Å²) in [6, 6.07) is 0. The van der Waals surface area contributed by atoms with Gasteiger partial charge in [-0.05, 0) is 25.8 Å². The van der Waals surface area contributed by atoms with Crippen LogP contribution in [0.3, 0.4) is 0 Å². The van der Waals surface area contributed by atoms with Gasteiger partial charge in [0.05, 0.1) is 6.61 Å². The number of rotatable bonds is 8. The first-order chi connectivity index (χ1) is 6.33. The maximum atomic E-state index is 4.95. The fourth-order valence-electron chi connectivity index (χ4n) is 1.40. The summed E-state index contributed by atoms with van der Waals surface area (Å²) in [5, 5.41) is 3.34. The average Bonchev–Trinajstić information content (AvgIpc) is 2.88. The van der Waals surface area contributed by atoms with Crippen LogP contribution in [0.2, 0.25) is 0 Å². The Labute approximate surface area is 81.4 Å². The van der Waals surface area contributed by atoms with Crippen LogP contribution in [0.4, 0.5) is 0 Å². The lowest BCUT2D eigenvalue weighted by molar-refractivity contribution is 0.197. The summed E-state index contributed by atoms with van der Waals surface area (Å²) >= 11 is 0. The zero-order chi connectivity index (χ0) is 9.52. The van der Waals surface area contributed by atoms with Gasteiger partial charge in [-0.1, -0.05) is 0 Å². The van der Waals surface area contributed by atoms with Gasteiger partial charge < -0.3 is 15.0 Å². The molecule has 0 radical (unpaired) electrons. The van der Waals surface area contributed by atoms with Gasteiger partial charge in [0, 0.05) is 33.3 Å². The summed E-state index contributed by atoms with van der Waals surface area (Å²) in [7, 11) is 3.94. The van der Waals surface area contributed by atoms with Crippen molar-refractivity contribution >= 4 is 0 Å². The smallest absolute Gasteiger partial charge is 0.0587 e. The van der Waals surface area contributed by atoms with Gasteiger partial charge in [0.15, 0.2) is 0 Å². The third-order valence-electron chi connectivity index (χ3n) is 2.42. The Morgan fingerprint density at radius 3 is 2.77 bits per heavy atom. The maximum Gasteiger partial charge on any atom is 0.0587 e. The van der Waals surface area contributed by atoms with Crippen LogP contribution in [-0.4, -0.2) is 51.8 Å². The van der Waals surface area contributed by atoms with Crippen LogP contribution in [0, 0.1) is 5.92 Å². The minimum atomic E-state index is 0.812. The van der Waals surface area contributed by atoms with E-state index in [1.807, 2.05) is 0 Å². The molecule has 78 valence electrons. The Balaban J connectivity index is 1.80. The molecule has 13 heavy (non-hydrogen) atoms. The van der Waals surface area contributed by atoms with Crippen LogP contribution in [-0.2, 0) is 4.74 Å². The van der Waals surface area contributed by atoms with E-state index in [0.717, 1.165) is 32.2 Å². The van der Waals surface area contributed by atoms with Gasteiger partial charge in [-0.2, -0.15) is 0 Å². The van der Waals surface area contributed by atoms with Gasteiger partial charge in [0.2, 0.25) is 0 Å². The average molecular weight is 186 g/mol. The maximum absolute atomic E-state index is 4.95. The van der Waals surface area contributed by atoms with E-state index in [9.17, 15) is 0 Å². The Morgan fingerprint density at radius 2 is 2.15 bits per heavy atom. The molecule has 0 aliphatic heterocycles. The molecule has 1 rings (SSSR count). The Morgan fingerprint density at radius 1 is 1.38 bits per heavy atom. The molecule has 0 atom stereocenters. The van der Waals surface area contributed by atoms with Crippen LogP contribution >= 0.6 is 0 Å². The molecule has 0 aromatic rings. The van der Waals surface area contributed by atoms with Crippen molar-refractivity contribution in [2.24, 2.45) is 5.92 Å². The van der Waals surface area contributed by atoms with Crippen LogP contribution < -0.4 is 5.32 Å². The SMILES string of the molecule is COCCNCCN(C)CC1CC1. The first kappa shape index (κ1) is 11.0. The molecule has 0 amide bonds. The second kappa shape index (κ2) is 6.35. The summed E-state index contributed by atoms with van der Waals surface area (Å²) in [6.07, 6.45) is 2.89. The summed E-state index contributed by atoms with van der Waals surface area (Å²) in [5.41, 5.74) is 0. The van der Waals surface area contributed by atoms with E-state index in [2.05, 4.69) is 17.3 Å². The van der Waals surface area contributed by atoms with Crippen LogP contribution in [0.5, 0.6) is 0 Å². The molecule has 0 bridgehead atoms. The second-order valence-corrected chi connectivity index (χ2v) is 3.95. The Bertz CT molecular complexity index is 126.